The number of esters is 1. The van der Waals surface area contributed by atoms with E-state index in [9.17, 15) is 121 Å². The van der Waals surface area contributed by atoms with E-state index in [1.54, 1.807) is 30.5 Å². The number of ether oxygens (including phenoxy) is 1. The number of aliphatic carboxylic acids is 4. The Bertz CT molecular complexity index is 4060. The largest absolute Gasteiger partial charge is 0.481 e. The fraction of sp³-hybridized carbons (Fsp3) is 0.528. The van der Waals surface area contributed by atoms with Crippen LogP contribution in [0.4, 0.5) is 5.69 Å². The number of aliphatic hydroxyl groups excluding tert-OH is 1. The Hall–Kier alpha value is -12.7. The van der Waals surface area contributed by atoms with E-state index in [0.29, 0.717) is 35.2 Å². The first-order valence-corrected chi connectivity index (χ1v) is 36.7. The molecule has 1 aromatic heterocycles. The predicted octanol–water partition coefficient (Wildman–Crippen LogP) is -5.77. The van der Waals surface area contributed by atoms with Gasteiger partial charge in [-0.2, -0.15) is 0 Å². The van der Waals surface area contributed by atoms with Gasteiger partial charge in [-0.25, -0.2) is 4.79 Å². The monoisotopic (exact) mass is 1620 g/mol. The lowest BCUT2D eigenvalue weighted by atomic mass is 9.96. The van der Waals surface area contributed by atoms with Crippen LogP contribution in [0.25, 0.3) is 10.9 Å². The van der Waals surface area contributed by atoms with Crippen LogP contribution in [-0.2, 0) is 102 Å². The highest BCUT2D eigenvalue weighted by Gasteiger charge is 2.41. The van der Waals surface area contributed by atoms with Crippen molar-refractivity contribution in [3.63, 3.8) is 0 Å². The Labute approximate surface area is 657 Å². The minimum absolute atomic E-state index is 0.0246. The maximum absolute atomic E-state index is 14.8. The second-order valence-corrected chi connectivity index (χ2v) is 27.7. The number of nitrogens with one attached hydrogen (secondary N) is 14. The second-order valence-electron chi connectivity index (χ2n) is 27.7. The van der Waals surface area contributed by atoms with E-state index in [4.69, 9.17) is 21.9 Å². The third-order valence-electron chi connectivity index (χ3n) is 17.8. The molecule has 14 amide bonds. The second kappa shape index (κ2) is 47.0. The predicted molar refractivity (Wildman–Crippen MR) is 400 cm³/mol. The molecule has 2 heterocycles. The van der Waals surface area contributed by atoms with E-state index < -0.39 is 261 Å². The first kappa shape index (κ1) is 94.7. The lowest BCUT2D eigenvalue weighted by Crippen LogP contribution is -2.62. The molecular weight excluding hydrogens is 1520 g/mol. The van der Waals surface area contributed by atoms with Crippen LogP contribution in [0.1, 0.15) is 140 Å². The zero-order valence-corrected chi connectivity index (χ0v) is 63.8. The number of cyclic esters (lactones) is 1. The van der Waals surface area contributed by atoms with E-state index in [-0.39, 0.29) is 37.1 Å². The number of aromatic nitrogens is 1. The lowest BCUT2D eigenvalue weighted by molar-refractivity contribution is -0.156. The van der Waals surface area contributed by atoms with Crippen LogP contribution in [0.15, 0.2) is 54.7 Å². The minimum atomic E-state index is -2.45. The average Bonchev–Trinajstić information content (AvgIpc) is 1.68. The number of benzene rings is 2. The van der Waals surface area contributed by atoms with Crippen LogP contribution < -0.4 is 86.3 Å². The number of Topliss-reactive ketones (excluding diaryl/α,β-unsaturated/α-hetero) is 1. The number of anilines is 1. The number of hydrogen-bond acceptors (Lipinski definition) is 24. The fourth-order valence-electron chi connectivity index (χ4n) is 11.7. The van der Waals surface area contributed by atoms with Gasteiger partial charge in [0, 0.05) is 47.6 Å². The summed E-state index contributed by atoms with van der Waals surface area (Å²) in [5.41, 5.74) is 18.1. The lowest BCUT2D eigenvalue weighted by Gasteiger charge is -2.30. The summed E-state index contributed by atoms with van der Waals surface area (Å²) >= 11 is 0. The third-order valence-corrected chi connectivity index (χ3v) is 17.8. The van der Waals surface area contributed by atoms with Crippen LogP contribution in [0.2, 0.25) is 0 Å². The molecule has 13 atom stereocenters. The smallest absolute Gasteiger partial charge is 0.329 e. The van der Waals surface area contributed by atoms with Gasteiger partial charge in [-0.3, -0.25) is 91.1 Å². The Balaban J connectivity index is 1.88. The fourth-order valence-corrected chi connectivity index (χ4v) is 11.7. The molecule has 630 valence electrons. The molecule has 0 aliphatic carbocycles. The number of amides is 14. The molecule has 2 aromatic carbocycles. The zero-order chi connectivity index (χ0) is 85.9. The molecule has 3 aromatic rings. The van der Waals surface area contributed by atoms with Crippen molar-refractivity contribution in [1.82, 2.24) is 74.1 Å². The van der Waals surface area contributed by atoms with Crippen LogP contribution >= 0.6 is 0 Å². The number of H-pyrrole nitrogens is 1. The molecule has 115 heavy (non-hydrogen) atoms. The van der Waals surface area contributed by atoms with Gasteiger partial charge in [0.25, 0.3) is 0 Å². The summed E-state index contributed by atoms with van der Waals surface area (Å²) in [5, 5.41) is 78.6. The number of fused-ring (bicyclic) bond motifs is 1. The van der Waals surface area contributed by atoms with Gasteiger partial charge in [-0.15, -0.1) is 0 Å². The Morgan fingerprint density at radius 1 is 0.548 bits per heavy atom. The van der Waals surface area contributed by atoms with Crippen LogP contribution in [-0.4, -0.2) is 248 Å². The quantitative estimate of drug-likeness (QED) is 0.0115. The number of carboxylic acid groups (broad SMARTS) is 4. The molecule has 4 rings (SSSR count). The summed E-state index contributed by atoms with van der Waals surface area (Å²) in [6.45, 7) is 3.20. The number of ketones is 1. The highest BCUT2D eigenvalue weighted by Crippen LogP contribution is 2.22. The summed E-state index contributed by atoms with van der Waals surface area (Å²) in [4.78, 5) is 276. The number of nitrogen functional groups attached to an aromatic ring is 1. The highest BCUT2D eigenvalue weighted by molar-refractivity contribution is 6.05. The molecule has 0 saturated carbocycles. The number of nitrogens with two attached hydrogens (primary N) is 3. The number of para-hydroxylation sites is 2. The average molecular weight is 1620 g/mol. The number of carboxylic acids is 4. The molecule has 43 heteroatoms. The number of hydrogen-bond donors (Lipinski definition) is 22. The van der Waals surface area contributed by atoms with Crippen molar-refractivity contribution in [1.29, 1.82) is 0 Å². The number of aromatic amines is 1. The van der Waals surface area contributed by atoms with Crippen molar-refractivity contribution in [2.45, 2.75) is 203 Å². The number of primary amides is 1. The van der Waals surface area contributed by atoms with Crippen molar-refractivity contribution in [2.24, 2.45) is 23.3 Å². The van der Waals surface area contributed by atoms with Gasteiger partial charge in [0.05, 0.1) is 51.8 Å². The molecule has 1 saturated heterocycles. The van der Waals surface area contributed by atoms with E-state index in [1.165, 1.54) is 24.3 Å². The van der Waals surface area contributed by atoms with Gasteiger partial charge >= 0.3 is 29.8 Å². The molecule has 1 fully saturated rings. The molecule has 25 N–H and O–H groups in total. The summed E-state index contributed by atoms with van der Waals surface area (Å²) in [6, 6.07) is -10.6. The molecular formula is C72H101N17O26. The normalized spacial score (nSPS) is 21.2. The van der Waals surface area contributed by atoms with Crippen LogP contribution in [0, 0.1) is 11.8 Å². The number of carbonyl (C=O) groups excluding carboxylic acids is 16. The molecule has 1 aliphatic rings. The van der Waals surface area contributed by atoms with E-state index in [0.717, 1.165) is 40.0 Å². The van der Waals surface area contributed by atoms with Gasteiger partial charge in [-0.05, 0) is 75.3 Å². The number of aliphatic hydroxyl groups is 1. The van der Waals surface area contributed by atoms with Crippen molar-refractivity contribution in [3.8, 4) is 0 Å². The number of carbonyl (C=O) groups is 20. The highest BCUT2D eigenvalue weighted by atomic mass is 16.5. The van der Waals surface area contributed by atoms with Crippen molar-refractivity contribution in [3.05, 3.63) is 65.9 Å². The maximum atomic E-state index is 14.8. The van der Waals surface area contributed by atoms with E-state index >= 15 is 0 Å². The molecule has 1 aliphatic heterocycles. The summed E-state index contributed by atoms with van der Waals surface area (Å²) in [6.07, 6.45) is -4.51. The van der Waals surface area contributed by atoms with Gasteiger partial charge in [0.2, 0.25) is 82.7 Å². The van der Waals surface area contributed by atoms with E-state index in [1.807, 2.05) is 16.0 Å². The Morgan fingerprint density at radius 2 is 1.10 bits per heavy atom. The van der Waals surface area contributed by atoms with Crippen molar-refractivity contribution >= 4 is 135 Å². The number of unbranched alkanes of at least 4 members (excludes halogenated alkanes) is 3. The number of rotatable bonds is 34. The molecule has 4 unspecified atom stereocenters. The van der Waals surface area contributed by atoms with Crippen molar-refractivity contribution < 1.29 is 126 Å². The van der Waals surface area contributed by atoms with Gasteiger partial charge in [0.1, 0.15) is 72.6 Å². The zero-order valence-electron chi connectivity index (χ0n) is 63.8. The first-order valence-electron chi connectivity index (χ1n) is 36.7. The van der Waals surface area contributed by atoms with E-state index in [2.05, 4.69) is 72.0 Å². The standard InChI is InChI=1S/C72H101N17O26/c1-34(2)15-8-6-7-9-21-53(93)81-44(24-38-30-76-42-19-13-11-16-39(38)42)66(108)84-45(26-52(75)92)67(109)86-48(29-59(102)103)68(110)89-61-37(5)115-72(114)49(25-51(91)40-17-10-12-18-41(40)74)87-71(113)60(35(3)23-56(96)97)88-69(111)50(33-90)82-55(95)31-77-63(105)46(27-57(98)99)83-62(104)36(4)79-65(107)47(28-58(100)101)85-64(106)43(20-14-22-73)80-54(94)32-78-70(61)112/h10-13,16-19,30,34-37,43-50,60-61,76,90H,6-9,14-15,20-29,31-33,73-74H2,1-5H3,(H2,75,92)(H,77,105)(H,78,112)(H,79,107)(H,80,94)(H,81,93)(H,82,95)(H,83,104)(H,84,108)(H,85,106)(H,86,109)(H,87,113)(H,88,111)(H,89,110)(H,96,97)(H,98,99)(H,100,101)(H,102,103)/t35-,36+,37?,43+,44-,45-,46-,47?,48-,49-,50?,60-,61?/m0/s1. The van der Waals surface area contributed by atoms with Gasteiger partial charge < -0.3 is 122 Å². The van der Waals surface area contributed by atoms with Gasteiger partial charge in [-0.1, -0.05) is 76.8 Å². The SMILES string of the molecule is CC(C)CCCCCCC(=O)N[C@@H](Cc1c[nH]c2ccccc12)C(=O)N[C@@H](CC(N)=O)C(=O)N[C@@H](CC(=O)O)C(=O)NC1C(=O)NCC(=O)N[C@H](CCCN)C(=O)NC(CC(=O)O)C(=O)N[C@H](C)C(=O)N[C@@H](CC(=O)O)C(=O)NCC(=O)NC(CO)C(=O)N[C@@H]([C@@H](C)CC(=O)O)C(=O)N[C@@H](CC(=O)c2ccccc2N)C(=O)OC1C. The summed E-state index contributed by atoms with van der Waals surface area (Å²) in [5.74, 6) is -29.3. The molecule has 0 spiro atoms. The summed E-state index contributed by atoms with van der Waals surface area (Å²) in [7, 11) is 0. The Morgan fingerprint density at radius 3 is 1.70 bits per heavy atom. The minimum Gasteiger partial charge on any atom is -0.481 e. The van der Waals surface area contributed by atoms with Gasteiger partial charge in [0.15, 0.2) is 5.78 Å². The molecule has 43 nitrogen and oxygen atoms in total. The maximum Gasteiger partial charge on any atom is 0.329 e. The summed E-state index contributed by atoms with van der Waals surface area (Å²) < 4.78 is 5.68. The molecule has 0 radical (unpaired) electrons. The Kier molecular flexibility index (Phi) is 38.7. The molecule has 0 bridgehead atoms. The van der Waals surface area contributed by atoms with Crippen molar-refractivity contribution in [2.75, 3.05) is 32.0 Å². The third kappa shape index (κ3) is 32.5. The topological polar surface area (TPSA) is 702 Å². The van der Waals surface area contributed by atoms with Crippen LogP contribution in [0.5, 0.6) is 0 Å². The first-order chi connectivity index (χ1) is 54.2. The van der Waals surface area contributed by atoms with Crippen LogP contribution in [0.3, 0.4) is 0 Å².